The van der Waals surface area contributed by atoms with Gasteiger partial charge in [0.2, 0.25) is 10.0 Å². The Labute approximate surface area is 130 Å². The van der Waals surface area contributed by atoms with E-state index in [4.69, 9.17) is 10.5 Å². The third-order valence-electron chi connectivity index (χ3n) is 2.77. The minimum Gasteiger partial charge on any atom is -0.399 e. The van der Waals surface area contributed by atoms with Crippen LogP contribution in [0.2, 0.25) is 0 Å². The van der Waals surface area contributed by atoms with Crippen LogP contribution >= 0.6 is 11.8 Å². The van der Waals surface area contributed by atoms with E-state index in [2.05, 4.69) is 0 Å². The van der Waals surface area contributed by atoms with Crippen molar-refractivity contribution in [2.45, 2.75) is 11.0 Å². The average Bonchev–Trinajstić information content (AvgIpc) is 2.38. The Morgan fingerprint density at radius 3 is 2.81 bits per heavy atom. The van der Waals surface area contributed by atoms with Crippen LogP contribution in [-0.2, 0) is 14.8 Å². The standard InChI is InChI=1S/C13H22N2O4S2/c1-15(9-12(16)10-19-2)21(17,18)7-6-20-13-5-3-4-11(14)8-13/h3-5,8,12,16H,6-7,9-10,14H2,1-2H3. The molecule has 8 heteroatoms. The minimum atomic E-state index is -3.39. The van der Waals surface area contributed by atoms with Gasteiger partial charge in [-0.2, -0.15) is 0 Å². The zero-order chi connectivity index (χ0) is 15.9. The molecule has 3 N–H and O–H groups in total. The predicted molar refractivity (Wildman–Crippen MR) is 85.9 cm³/mol. The molecule has 0 spiro atoms. The van der Waals surface area contributed by atoms with Gasteiger partial charge >= 0.3 is 0 Å². The van der Waals surface area contributed by atoms with E-state index in [1.165, 1.54) is 25.9 Å². The van der Waals surface area contributed by atoms with Crippen LogP contribution in [0.3, 0.4) is 0 Å². The van der Waals surface area contributed by atoms with Gasteiger partial charge in [0.05, 0.1) is 18.5 Å². The van der Waals surface area contributed by atoms with Crippen LogP contribution in [0.1, 0.15) is 0 Å². The maximum atomic E-state index is 12.1. The highest BCUT2D eigenvalue weighted by Gasteiger charge is 2.20. The number of anilines is 1. The second kappa shape index (κ2) is 8.60. The molecule has 1 aromatic rings. The number of aliphatic hydroxyl groups is 1. The number of nitrogen functional groups attached to an aromatic ring is 1. The molecule has 1 atom stereocenters. The van der Waals surface area contributed by atoms with Gasteiger partial charge < -0.3 is 15.6 Å². The molecule has 0 saturated heterocycles. The van der Waals surface area contributed by atoms with Gasteiger partial charge in [0, 0.05) is 37.0 Å². The number of aliphatic hydroxyl groups excluding tert-OH is 1. The SMILES string of the molecule is COCC(O)CN(C)S(=O)(=O)CCSc1cccc(N)c1. The van der Waals surface area contributed by atoms with Crippen molar-refractivity contribution in [3.05, 3.63) is 24.3 Å². The summed E-state index contributed by atoms with van der Waals surface area (Å²) in [6.07, 6.45) is -0.823. The normalized spacial score (nSPS) is 13.5. The van der Waals surface area contributed by atoms with Gasteiger partial charge in [-0.15, -0.1) is 11.8 Å². The van der Waals surface area contributed by atoms with E-state index < -0.39 is 16.1 Å². The van der Waals surface area contributed by atoms with Crippen LogP contribution in [-0.4, -0.2) is 62.7 Å². The molecule has 0 aliphatic carbocycles. The summed E-state index contributed by atoms with van der Waals surface area (Å²) in [5.74, 6) is 0.430. The molecule has 0 aliphatic heterocycles. The largest absolute Gasteiger partial charge is 0.399 e. The first kappa shape index (κ1) is 18.2. The molecule has 0 radical (unpaired) electrons. The lowest BCUT2D eigenvalue weighted by molar-refractivity contribution is 0.0554. The number of thioether (sulfide) groups is 1. The Hall–Kier alpha value is -0.800. The lowest BCUT2D eigenvalue weighted by Gasteiger charge is -2.20. The summed E-state index contributed by atoms with van der Waals surface area (Å²) in [4.78, 5) is 0.937. The number of hydrogen-bond acceptors (Lipinski definition) is 6. The van der Waals surface area contributed by atoms with E-state index >= 15 is 0 Å². The van der Waals surface area contributed by atoms with Gasteiger partial charge in [0.15, 0.2) is 0 Å². The summed E-state index contributed by atoms with van der Waals surface area (Å²) in [6.45, 7) is 0.136. The van der Waals surface area contributed by atoms with Crippen molar-refractivity contribution in [1.82, 2.24) is 4.31 Å². The van der Waals surface area contributed by atoms with Crippen LogP contribution < -0.4 is 5.73 Å². The van der Waals surface area contributed by atoms with Crippen molar-refractivity contribution in [2.75, 3.05) is 44.5 Å². The Bertz CT molecular complexity index is 537. The number of likely N-dealkylation sites (N-methyl/N-ethyl adjacent to an activating group) is 1. The number of rotatable bonds is 9. The number of nitrogens with two attached hydrogens (primary N) is 1. The van der Waals surface area contributed by atoms with E-state index in [1.807, 2.05) is 18.2 Å². The highest BCUT2D eigenvalue weighted by molar-refractivity contribution is 8.00. The summed E-state index contributed by atoms with van der Waals surface area (Å²) in [5, 5.41) is 9.57. The van der Waals surface area contributed by atoms with E-state index in [9.17, 15) is 13.5 Å². The number of sulfonamides is 1. The number of benzene rings is 1. The van der Waals surface area contributed by atoms with Crippen molar-refractivity contribution in [3.8, 4) is 0 Å². The number of ether oxygens (including phenoxy) is 1. The summed E-state index contributed by atoms with van der Waals surface area (Å²) in [7, 11) is -0.472. The van der Waals surface area contributed by atoms with E-state index in [0.29, 0.717) is 11.4 Å². The van der Waals surface area contributed by atoms with Gasteiger partial charge in [0.25, 0.3) is 0 Å². The summed E-state index contributed by atoms with van der Waals surface area (Å²) < 4.78 is 30.1. The van der Waals surface area contributed by atoms with Crippen LogP contribution in [0.25, 0.3) is 0 Å². The fourth-order valence-corrected chi connectivity index (χ4v) is 4.20. The molecule has 21 heavy (non-hydrogen) atoms. The lowest BCUT2D eigenvalue weighted by Crippen LogP contribution is -2.37. The van der Waals surface area contributed by atoms with E-state index in [0.717, 1.165) is 9.20 Å². The topological polar surface area (TPSA) is 92.9 Å². The second-order valence-electron chi connectivity index (χ2n) is 4.63. The van der Waals surface area contributed by atoms with Crippen LogP contribution in [0, 0.1) is 0 Å². The smallest absolute Gasteiger partial charge is 0.214 e. The Kier molecular flexibility index (Phi) is 7.47. The third-order valence-corrected chi connectivity index (χ3v) is 5.84. The fourth-order valence-electron chi connectivity index (χ4n) is 1.68. The Morgan fingerprint density at radius 2 is 2.19 bits per heavy atom. The molecule has 0 fully saturated rings. The van der Waals surface area contributed by atoms with Crippen molar-refractivity contribution in [1.29, 1.82) is 0 Å². The van der Waals surface area contributed by atoms with Gasteiger partial charge in [-0.25, -0.2) is 12.7 Å². The number of methoxy groups -OCH3 is 1. The maximum Gasteiger partial charge on any atom is 0.214 e. The molecular formula is C13H22N2O4S2. The Morgan fingerprint density at radius 1 is 1.48 bits per heavy atom. The van der Waals surface area contributed by atoms with Gasteiger partial charge in [-0.3, -0.25) is 0 Å². The monoisotopic (exact) mass is 334 g/mol. The van der Waals surface area contributed by atoms with Crippen LogP contribution in [0.15, 0.2) is 29.2 Å². The molecule has 0 heterocycles. The molecule has 0 amide bonds. The first-order chi connectivity index (χ1) is 9.85. The maximum absolute atomic E-state index is 12.1. The molecule has 6 nitrogen and oxygen atoms in total. The molecule has 1 unspecified atom stereocenters. The molecule has 0 aliphatic rings. The minimum absolute atomic E-state index is 0.00265. The molecule has 0 saturated carbocycles. The first-order valence-electron chi connectivity index (χ1n) is 6.44. The first-order valence-corrected chi connectivity index (χ1v) is 9.04. The van der Waals surface area contributed by atoms with Gasteiger partial charge in [-0.05, 0) is 18.2 Å². The second-order valence-corrected chi connectivity index (χ2v) is 7.99. The van der Waals surface area contributed by atoms with Crippen molar-refractivity contribution in [2.24, 2.45) is 0 Å². The van der Waals surface area contributed by atoms with Crippen molar-refractivity contribution in [3.63, 3.8) is 0 Å². The molecular weight excluding hydrogens is 312 g/mol. The van der Waals surface area contributed by atoms with E-state index in [-0.39, 0.29) is 18.9 Å². The van der Waals surface area contributed by atoms with Crippen LogP contribution in [0.4, 0.5) is 5.69 Å². The molecule has 0 aromatic heterocycles. The third kappa shape index (κ3) is 6.66. The molecule has 120 valence electrons. The van der Waals surface area contributed by atoms with Crippen molar-refractivity contribution >= 4 is 27.5 Å². The molecule has 1 aromatic carbocycles. The summed E-state index contributed by atoms with van der Waals surface area (Å²) in [5.41, 5.74) is 6.32. The zero-order valence-corrected chi connectivity index (χ0v) is 13.9. The number of hydrogen-bond donors (Lipinski definition) is 2. The van der Waals surface area contributed by atoms with Gasteiger partial charge in [0.1, 0.15) is 0 Å². The average molecular weight is 334 g/mol. The fraction of sp³-hybridized carbons (Fsp3) is 0.538. The predicted octanol–water partition coefficient (Wildman–Crippen LogP) is 0.630. The van der Waals surface area contributed by atoms with Crippen LogP contribution in [0.5, 0.6) is 0 Å². The molecule has 0 bridgehead atoms. The van der Waals surface area contributed by atoms with Gasteiger partial charge in [-0.1, -0.05) is 6.07 Å². The molecule has 1 rings (SSSR count). The van der Waals surface area contributed by atoms with E-state index in [1.54, 1.807) is 6.07 Å². The lowest BCUT2D eigenvalue weighted by atomic mass is 10.3. The quantitative estimate of drug-likeness (QED) is 0.508. The number of nitrogens with zero attached hydrogens (tertiary/aromatic N) is 1. The summed E-state index contributed by atoms with van der Waals surface area (Å²) >= 11 is 1.43. The summed E-state index contributed by atoms with van der Waals surface area (Å²) in [6, 6.07) is 7.31. The zero-order valence-electron chi connectivity index (χ0n) is 12.2. The Balaban J connectivity index is 2.45. The highest BCUT2D eigenvalue weighted by Crippen LogP contribution is 2.20. The highest BCUT2D eigenvalue weighted by atomic mass is 32.2. The van der Waals surface area contributed by atoms with Crippen molar-refractivity contribution < 1.29 is 18.3 Å².